The Bertz CT molecular complexity index is 865. The van der Waals surface area contributed by atoms with Crippen molar-refractivity contribution in [2.24, 2.45) is 0 Å². The molecule has 2 atom stereocenters. The molecule has 8 nitrogen and oxygen atoms in total. The zero-order valence-electron chi connectivity index (χ0n) is 13.9. The van der Waals surface area contributed by atoms with Crippen LogP contribution in [0.1, 0.15) is 5.76 Å². The number of furan rings is 1. The minimum Gasteiger partial charge on any atom is -0.508 e. The number of aliphatic hydroxyl groups excluding tert-OH is 1. The van der Waals surface area contributed by atoms with E-state index in [1.165, 1.54) is 23.3 Å². The van der Waals surface area contributed by atoms with E-state index in [0.29, 0.717) is 11.4 Å². The number of sulfone groups is 1. The Kier molecular flexibility index (Phi) is 5.19. The zero-order chi connectivity index (χ0) is 18.7. The van der Waals surface area contributed by atoms with Crippen molar-refractivity contribution < 1.29 is 27.8 Å². The average molecular weight is 380 g/mol. The minimum atomic E-state index is -3.39. The lowest BCUT2D eigenvalue weighted by atomic mass is 10.1. The first-order valence-electron chi connectivity index (χ1n) is 8.07. The highest BCUT2D eigenvalue weighted by molar-refractivity contribution is 7.91. The van der Waals surface area contributed by atoms with Crippen molar-refractivity contribution in [2.45, 2.75) is 18.7 Å². The van der Waals surface area contributed by atoms with Crippen molar-refractivity contribution in [3.05, 3.63) is 48.4 Å². The predicted octanol–water partition coefficient (Wildman–Crippen LogP) is 0.266. The fourth-order valence-electron chi connectivity index (χ4n) is 2.99. The van der Waals surface area contributed by atoms with Gasteiger partial charge in [-0.05, 0) is 24.3 Å². The highest BCUT2D eigenvalue weighted by atomic mass is 32.2. The number of nitrogens with one attached hydrogen (secondary N) is 1. The highest BCUT2D eigenvalue weighted by Crippen LogP contribution is 2.27. The van der Waals surface area contributed by atoms with Gasteiger partial charge in [0.1, 0.15) is 11.5 Å². The Hall–Kier alpha value is -2.52. The van der Waals surface area contributed by atoms with Crippen LogP contribution in [0.5, 0.6) is 5.75 Å². The summed E-state index contributed by atoms with van der Waals surface area (Å²) in [6, 6.07) is 8.81. The van der Waals surface area contributed by atoms with Crippen molar-refractivity contribution in [3.8, 4) is 5.75 Å². The molecule has 1 aliphatic rings. The number of benzene rings is 1. The largest absolute Gasteiger partial charge is 0.508 e. The van der Waals surface area contributed by atoms with E-state index in [1.54, 1.807) is 24.3 Å². The molecule has 2 heterocycles. The van der Waals surface area contributed by atoms with Crippen LogP contribution in [-0.4, -0.2) is 54.7 Å². The Balaban J connectivity index is 1.78. The summed E-state index contributed by atoms with van der Waals surface area (Å²) in [7, 11) is -3.39. The van der Waals surface area contributed by atoms with Gasteiger partial charge in [-0.1, -0.05) is 6.07 Å². The standard InChI is InChI=1S/C17H20N2O6S/c20-13-4-1-3-12(7-13)19(15-10-26(23,24)11-16(15)21)9-17(22)18-8-14-5-2-6-25-14/h1-7,15-16,20-21H,8-11H2,(H,18,22). The molecule has 0 saturated carbocycles. The van der Waals surface area contributed by atoms with Crippen LogP contribution in [-0.2, 0) is 21.2 Å². The summed E-state index contributed by atoms with van der Waals surface area (Å²) in [5.41, 5.74) is 0.458. The average Bonchev–Trinajstić information content (AvgIpc) is 3.18. The van der Waals surface area contributed by atoms with Gasteiger partial charge in [-0.25, -0.2) is 8.42 Å². The molecule has 3 N–H and O–H groups in total. The van der Waals surface area contributed by atoms with E-state index in [0.717, 1.165) is 0 Å². The van der Waals surface area contributed by atoms with Gasteiger partial charge in [-0.2, -0.15) is 0 Å². The van der Waals surface area contributed by atoms with Crippen molar-refractivity contribution >= 4 is 21.4 Å². The molecule has 0 radical (unpaired) electrons. The van der Waals surface area contributed by atoms with Gasteiger partial charge in [0, 0.05) is 11.8 Å². The summed E-state index contributed by atoms with van der Waals surface area (Å²) < 4.78 is 28.9. The number of rotatable bonds is 6. The molecule has 0 aliphatic carbocycles. The Morgan fingerprint density at radius 3 is 2.69 bits per heavy atom. The summed E-state index contributed by atoms with van der Waals surface area (Å²) in [6.45, 7) is 0.0344. The van der Waals surface area contributed by atoms with E-state index in [-0.39, 0.29) is 36.3 Å². The lowest BCUT2D eigenvalue weighted by Crippen LogP contribution is -2.48. The first-order chi connectivity index (χ1) is 12.3. The predicted molar refractivity (Wildman–Crippen MR) is 94.5 cm³/mol. The van der Waals surface area contributed by atoms with Crippen molar-refractivity contribution in [3.63, 3.8) is 0 Å². The van der Waals surface area contributed by atoms with Gasteiger partial charge in [0.15, 0.2) is 9.84 Å². The fourth-order valence-corrected chi connectivity index (χ4v) is 4.79. The third-order valence-corrected chi connectivity index (χ3v) is 5.91. The molecular formula is C17H20N2O6S. The number of nitrogens with zero attached hydrogens (tertiary/aromatic N) is 1. The third-order valence-electron chi connectivity index (χ3n) is 4.21. The molecule has 1 amide bonds. The molecule has 2 unspecified atom stereocenters. The first-order valence-corrected chi connectivity index (χ1v) is 9.89. The Labute approximate surface area is 151 Å². The van der Waals surface area contributed by atoms with Crippen LogP contribution in [0.25, 0.3) is 0 Å². The van der Waals surface area contributed by atoms with E-state index in [4.69, 9.17) is 4.42 Å². The number of carbonyl (C=O) groups excluding carboxylic acids is 1. The molecule has 1 aromatic carbocycles. The van der Waals surface area contributed by atoms with Crippen molar-refractivity contribution in [2.75, 3.05) is 23.0 Å². The second kappa shape index (κ2) is 7.38. The van der Waals surface area contributed by atoms with E-state index in [2.05, 4.69) is 5.32 Å². The second-order valence-electron chi connectivity index (χ2n) is 6.22. The Morgan fingerprint density at radius 2 is 2.08 bits per heavy atom. The summed E-state index contributed by atoms with van der Waals surface area (Å²) >= 11 is 0. The van der Waals surface area contributed by atoms with Crippen LogP contribution in [0.15, 0.2) is 47.1 Å². The van der Waals surface area contributed by atoms with Crippen LogP contribution >= 0.6 is 0 Å². The fraction of sp³-hybridized carbons (Fsp3) is 0.353. The maximum absolute atomic E-state index is 12.3. The van der Waals surface area contributed by atoms with Gasteiger partial charge in [0.05, 0.1) is 43.0 Å². The zero-order valence-corrected chi connectivity index (χ0v) is 14.7. The number of carbonyl (C=O) groups is 1. The van der Waals surface area contributed by atoms with E-state index >= 15 is 0 Å². The SMILES string of the molecule is O=C(CN(c1cccc(O)c1)C1CS(=O)(=O)CC1O)NCc1ccco1. The number of aliphatic hydroxyl groups is 1. The Morgan fingerprint density at radius 1 is 1.27 bits per heavy atom. The number of hydrogen-bond acceptors (Lipinski definition) is 7. The van der Waals surface area contributed by atoms with Crippen LogP contribution in [0.2, 0.25) is 0 Å². The smallest absolute Gasteiger partial charge is 0.239 e. The molecule has 3 rings (SSSR count). The van der Waals surface area contributed by atoms with Gasteiger partial charge in [0.2, 0.25) is 5.91 Å². The topological polar surface area (TPSA) is 120 Å². The van der Waals surface area contributed by atoms with Gasteiger partial charge >= 0.3 is 0 Å². The van der Waals surface area contributed by atoms with Crippen LogP contribution < -0.4 is 10.2 Å². The molecule has 0 bridgehead atoms. The lowest BCUT2D eigenvalue weighted by Gasteiger charge is -2.31. The van der Waals surface area contributed by atoms with Gasteiger partial charge in [0.25, 0.3) is 0 Å². The number of anilines is 1. The molecule has 140 valence electrons. The third kappa shape index (κ3) is 4.36. The molecule has 1 saturated heterocycles. The van der Waals surface area contributed by atoms with E-state index < -0.39 is 22.0 Å². The monoisotopic (exact) mass is 380 g/mol. The molecule has 1 aromatic heterocycles. The van der Waals surface area contributed by atoms with E-state index in [9.17, 15) is 23.4 Å². The number of amides is 1. The van der Waals surface area contributed by atoms with Crippen molar-refractivity contribution in [1.29, 1.82) is 0 Å². The number of phenols is 1. The second-order valence-corrected chi connectivity index (χ2v) is 8.37. The van der Waals surface area contributed by atoms with Gasteiger partial charge in [-0.3, -0.25) is 4.79 Å². The molecule has 26 heavy (non-hydrogen) atoms. The summed E-state index contributed by atoms with van der Waals surface area (Å²) in [5, 5.41) is 22.6. The maximum Gasteiger partial charge on any atom is 0.239 e. The van der Waals surface area contributed by atoms with Gasteiger partial charge in [-0.15, -0.1) is 0 Å². The first kappa shape index (κ1) is 18.3. The van der Waals surface area contributed by atoms with Gasteiger partial charge < -0.3 is 24.8 Å². The summed E-state index contributed by atoms with van der Waals surface area (Å²) in [5.74, 6) is -0.387. The molecule has 0 spiro atoms. The van der Waals surface area contributed by atoms with Crippen LogP contribution in [0.4, 0.5) is 5.69 Å². The molecule has 9 heteroatoms. The quantitative estimate of drug-likeness (QED) is 0.658. The normalized spacial score (nSPS) is 21.4. The van der Waals surface area contributed by atoms with Crippen LogP contribution in [0, 0.1) is 0 Å². The lowest BCUT2D eigenvalue weighted by molar-refractivity contribution is -0.120. The molecular weight excluding hydrogens is 360 g/mol. The molecule has 1 fully saturated rings. The summed E-state index contributed by atoms with van der Waals surface area (Å²) in [4.78, 5) is 13.8. The minimum absolute atomic E-state index is 0.0150. The number of phenolic OH excluding ortho intramolecular Hbond substituents is 1. The van der Waals surface area contributed by atoms with E-state index in [1.807, 2.05) is 0 Å². The number of hydrogen-bond donors (Lipinski definition) is 3. The molecule has 2 aromatic rings. The van der Waals surface area contributed by atoms with Crippen LogP contribution in [0.3, 0.4) is 0 Å². The summed E-state index contributed by atoms with van der Waals surface area (Å²) in [6.07, 6.45) is 0.389. The molecule has 1 aliphatic heterocycles. The number of aromatic hydroxyl groups is 1. The maximum atomic E-state index is 12.3. The highest BCUT2D eigenvalue weighted by Gasteiger charge is 2.40. The van der Waals surface area contributed by atoms with Crippen molar-refractivity contribution in [1.82, 2.24) is 5.32 Å².